The number of hydrogen-bond donors (Lipinski definition) is 2. The van der Waals surface area contributed by atoms with Crippen molar-refractivity contribution in [1.29, 1.82) is 5.26 Å². The molecule has 0 saturated carbocycles. The van der Waals surface area contributed by atoms with Crippen LogP contribution in [0.25, 0.3) is 22.2 Å². The van der Waals surface area contributed by atoms with Crippen LogP contribution in [0, 0.1) is 11.3 Å². The Morgan fingerprint density at radius 1 is 1.32 bits per heavy atom. The summed E-state index contributed by atoms with van der Waals surface area (Å²) in [6.45, 7) is 4.00. The molecule has 1 aromatic heterocycles. The molecule has 0 aliphatic rings. The molecule has 31 heavy (non-hydrogen) atoms. The van der Waals surface area contributed by atoms with E-state index in [1.165, 1.54) is 6.34 Å². The molecule has 3 aromatic rings. The van der Waals surface area contributed by atoms with Gasteiger partial charge in [-0.15, -0.1) is 0 Å². The van der Waals surface area contributed by atoms with E-state index in [2.05, 4.69) is 21.1 Å². The van der Waals surface area contributed by atoms with Crippen LogP contribution in [0.15, 0.2) is 47.6 Å². The average Bonchev–Trinajstić information content (AvgIpc) is 3.10. The Morgan fingerprint density at radius 3 is 2.87 bits per heavy atom. The number of anilines is 1. The van der Waals surface area contributed by atoms with Gasteiger partial charge in [0, 0.05) is 49.3 Å². The fourth-order valence-corrected chi connectivity index (χ4v) is 3.64. The summed E-state index contributed by atoms with van der Waals surface area (Å²) in [5.41, 5.74) is 9.20. The van der Waals surface area contributed by atoms with Gasteiger partial charge in [0.1, 0.15) is 18.2 Å². The molecule has 0 saturated heterocycles. The highest BCUT2D eigenvalue weighted by Gasteiger charge is 2.18. The van der Waals surface area contributed by atoms with Crippen LogP contribution in [0.1, 0.15) is 18.9 Å². The van der Waals surface area contributed by atoms with Gasteiger partial charge in [0.05, 0.1) is 23.4 Å². The highest BCUT2D eigenvalue weighted by Crippen LogP contribution is 2.36. The number of nitrogens with two attached hydrogens (primary N) is 1. The van der Waals surface area contributed by atoms with Crippen molar-refractivity contribution >= 4 is 29.3 Å². The van der Waals surface area contributed by atoms with E-state index in [0.29, 0.717) is 30.8 Å². The largest absolute Gasteiger partial charge is 0.493 e. The summed E-state index contributed by atoms with van der Waals surface area (Å²) in [5.74, 6) is 0.747. The molecule has 1 heterocycles. The minimum Gasteiger partial charge on any atom is -0.493 e. The van der Waals surface area contributed by atoms with E-state index >= 15 is 0 Å². The highest BCUT2D eigenvalue weighted by atomic mass is 16.5. The van der Waals surface area contributed by atoms with Crippen LogP contribution in [0.2, 0.25) is 0 Å². The summed E-state index contributed by atoms with van der Waals surface area (Å²) in [6.07, 6.45) is 2.71. The van der Waals surface area contributed by atoms with Crippen molar-refractivity contribution in [2.24, 2.45) is 10.8 Å². The molecule has 0 radical (unpaired) electrons. The average molecular weight is 419 g/mol. The monoisotopic (exact) mass is 418 g/mol. The first-order chi connectivity index (χ1) is 15.1. The predicted molar refractivity (Wildman–Crippen MR) is 123 cm³/mol. The quantitative estimate of drug-likeness (QED) is 0.172. The maximum atomic E-state index is 10.8. The Balaban J connectivity index is 1.93. The zero-order chi connectivity index (χ0) is 22.2. The SMILES string of the molecule is CCn1c(-c2cccc(NC=O)c2)c(C#N)c2ccc(OCCCN(C)/N=C\N)cc21. The molecule has 3 rings (SSSR count). The number of rotatable bonds is 10. The van der Waals surface area contributed by atoms with Crippen molar-refractivity contribution in [2.45, 2.75) is 19.9 Å². The predicted octanol–water partition coefficient (Wildman–Crippen LogP) is 3.37. The van der Waals surface area contributed by atoms with E-state index in [4.69, 9.17) is 10.5 Å². The molecular formula is C23H26N6O2. The minimum atomic E-state index is 0.542. The van der Waals surface area contributed by atoms with Crippen molar-refractivity contribution in [3.05, 3.63) is 48.0 Å². The first-order valence-corrected chi connectivity index (χ1v) is 10.1. The van der Waals surface area contributed by atoms with E-state index < -0.39 is 0 Å². The smallest absolute Gasteiger partial charge is 0.211 e. The third kappa shape index (κ3) is 4.78. The first kappa shape index (κ1) is 21.7. The van der Waals surface area contributed by atoms with Crippen molar-refractivity contribution in [1.82, 2.24) is 9.58 Å². The molecule has 8 nitrogen and oxygen atoms in total. The zero-order valence-corrected chi connectivity index (χ0v) is 17.7. The van der Waals surface area contributed by atoms with Gasteiger partial charge in [0.25, 0.3) is 0 Å². The molecule has 3 N–H and O–H groups in total. The maximum absolute atomic E-state index is 10.8. The van der Waals surface area contributed by atoms with Gasteiger partial charge in [-0.05, 0) is 31.2 Å². The van der Waals surface area contributed by atoms with Gasteiger partial charge in [0.15, 0.2) is 0 Å². The lowest BCUT2D eigenvalue weighted by Gasteiger charge is -2.13. The Labute approximate surface area is 181 Å². The second-order valence-corrected chi connectivity index (χ2v) is 6.95. The number of ether oxygens (including phenoxy) is 1. The third-order valence-corrected chi connectivity index (χ3v) is 4.98. The maximum Gasteiger partial charge on any atom is 0.211 e. The fraction of sp³-hybridized carbons (Fsp3) is 0.261. The minimum absolute atomic E-state index is 0.542. The molecule has 0 aliphatic carbocycles. The summed E-state index contributed by atoms with van der Waals surface area (Å²) in [7, 11) is 1.86. The van der Waals surface area contributed by atoms with Gasteiger partial charge in [0.2, 0.25) is 6.41 Å². The zero-order valence-electron chi connectivity index (χ0n) is 17.7. The molecule has 0 fully saturated rings. The molecule has 0 aliphatic heterocycles. The summed E-state index contributed by atoms with van der Waals surface area (Å²) in [5, 5.41) is 19.2. The Morgan fingerprint density at radius 2 is 2.16 bits per heavy atom. The molecule has 1 amide bonds. The van der Waals surface area contributed by atoms with Crippen LogP contribution in [-0.2, 0) is 11.3 Å². The number of carbonyl (C=O) groups is 1. The van der Waals surface area contributed by atoms with E-state index in [9.17, 15) is 10.1 Å². The lowest BCUT2D eigenvalue weighted by Crippen LogP contribution is -2.16. The van der Waals surface area contributed by atoms with Crippen LogP contribution in [0.5, 0.6) is 5.75 Å². The number of fused-ring (bicyclic) bond motifs is 1. The lowest BCUT2D eigenvalue weighted by molar-refractivity contribution is -0.105. The lowest BCUT2D eigenvalue weighted by atomic mass is 10.1. The summed E-state index contributed by atoms with van der Waals surface area (Å²) in [6, 6.07) is 15.6. The van der Waals surface area contributed by atoms with Crippen LogP contribution in [-0.4, -0.2) is 42.5 Å². The van der Waals surface area contributed by atoms with Gasteiger partial charge >= 0.3 is 0 Å². The molecule has 0 unspecified atom stereocenters. The van der Waals surface area contributed by atoms with E-state index in [-0.39, 0.29) is 0 Å². The highest BCUT2D eigenvalue weighted by molar-refractivity contribution is 5.95. The van der Waals surface area contributed by atoms with Crippen LogP contribution in [0.4, 0.5) is 5.69 Å². The van der Waals surface area contributed by atoms with E-state index in [0.717, 1.165) is 40.9 Å². The third-order valence-electron chi connectivity index (χ3n) is 4.98. The van der Waals surface area contributed by atoms with Crippen LogP contribution >= 0.6 is 0 Å². The molecular weight excluding hydrogens is 392 g/mol. The summed E-state index contributed by atoms with van der Waals surface area (Å²) < 4.78 is 8.03. The fourth-order valence-electron chi connectivity index (χ4n) is 3.64. The molecule has 160 valence electrons. The van der Waals surface area contributed by atoms with Gasteiger partial charge in [-0.3, -0.25) is 9.80 Å². The standard InChI is InChI=1S/C23H26N6O2/c1-3-29-22-13-19(31-11-5-10-28(2)27-15-25)8-9-20(22)21(14-24)23(29)17-6-4-7-18(12-17)26-16-30/h4,6-9,12-13,15-16H,3,5,10-11H2,1-2H3,(H2,25,27)(H,26,30). The number of carbonyl (C=O) groups excluding carboxylic acids is 1. The first-order valence-electron chi connectivity index (χ1n) is 10.1. The topological polar surface area (TPSA) is 109 Å². The Kier molecular flexibility index (Phi) is 7.12. The number of amides is 1. The van der Waals surface area contributed by atoms with Crippen molar-refractivity contribution < 1.29 is 9.53 Å². The van der Waals surface area contributed by atoms with Gasteiger partial charge in [-0.2, -0.15) is 10.4 Å². The van der Waals surface area contributed by atoms with Crippen molar-refractivity contribution in [3.8, 4) is 23.1 Å². The van der Waals surface area contributed by atoms with E-state index in [1.54, 1.807) is 5.01 Å². The van der Waals surface area contributed by atoms with Gasteiger partial charge in [-0.1, -0.05) is 12.1 Å². The molecule has 0 spiro atoms. The summed E-state index contributed by atoms with van der Waals surface area (Å²) >= 11 is 0. The van der Waals surface area contributed by atoms with Crippen LogP contribution in [0.3, 0.4) is 0 Å². The molecule has 8 heteroatoms. The van der Waals surface area contributed by atoms with Crippen molar-refractivity contribution in [2.75, 3.05) is 25.5 Å². The molecule has 0 atom stereocenters. The number of benzene rings is 2. The normalized spacial score (nSPS) is 10.9. The van der Waals surface area contributed by atoms with Crippen molar-refractivity contribution in [3.63, 3.8) is 0 Å². The second-order valence-electron chi connectivity index (χ2n) is 6.95. The summed E-state index contributed by atoms with van der Waals surface area (Å²) in [4.78, 5) is 10.8. The molecule has 2 aromatic carbocycles. The number of aryl methyl sites for hydroxylation is 1. The Bertz CT molecular complexity index is 1130. The van der Waals surface area contributed by atoms with Gasteiger partial charge in [-0.25, -0.2) is 0 Å². The second kappa shape index (κ2) is 10.2. The molecule has 0 bridgehead atoms. The number of nitrogens with zero attached hydrogens (tertiary/aromatic N) is 4. The number of hydrogen-bond acceptors (Lipinski definition) is 5. The number of nitrogens with one attached hydrogen (secondary N) is 1. The van der Waals surface area contributed by atoms with E-state index in [1.807, 2.05) is 56.4 Å². The Hall–Kier alpha value is -3.99. The van der Waals surface area contributed by atoms with Gasteiger partial charge < -0.3 is 20.4 Å². The number of hydrazone groups is 1. The number of aromatic nitrogens is 1. The van der Waals surface area contributed by atoms with Crippen LogP contribution < -0.4 is 15.8 Å². The number of nitriles is 1.